The highest BCUT2D eigenvalue weighted by Gasteiger charge is 2.19. The van der Waals surface area contributed by atoms with E-state index in [1.54, 1.807) is 0 Å². The van der Waals surface area contributed by atoms with Gasteiger partial charge in [0.25, 0.3) is 0 Å². The molecule has 1 unspecified atom stereocenters. The average molecular weight is 525 g/mol. The van der Waals surface area contributed by atoms with Crippen molar-refractivity contribution < 1.29 is 9.53 Å². The maximum atomic E-state index is 12.8. The summed E-state index contributed by atoms with van der Waals surface area (Å²) in [5.74, 6) is 0.223. The van der Waals surface area contributed by atoms with Crippen molar-refractivity contribution in [2.45, 2.75) is 162 Å². The Balaban J connectivity index is 4.05. The number of hydrogen-bond acceptors (Lipinski definition) is 4. The minimum absolute atomic E-state index is 0.0896. The fraction of sp³-hybridized carbons (Fsp3) is 0.970. The van der Waals surface area contributed by atoms with E-state index in [0.29, 0.717) is 6.61 Å². The first-order valence-corrected chi connectivity index (χ1v) is 16.7. The number of rotatable bonds is 30. The summed E-state index contributed by atoms with van der Waals surface area (Å²) in [5, 5.41) is 3.27. The molecule has 0 aliphatic carbocycles. The summed E-state index contributed by atoms with van der Waals surface area (Å²) in [7, 11) is 2.04. The monoisotopic (exact) mass is 525 g/mol. The lowest BCUT2D eigenvalue weighted by Gasteiger charge is -2.22. The molecule has 1 N–H and O–H groups in total. The van der Waals surface area contributed by atoms with Crippen molar-refractivity contribution in [2.24, 2.45) is 5.92 Å². The van der Waals surface area contributed by atoms with Gasteiger partial charge in [-0.1, -0.05) is 124 Å². The van der Waals surface area contributed by atoms with Crippen LogP contribution in [0, 0.1) is 5.92 Å². The molecule has 0 saturated heterocycles. The number of ether oxygens (including phenoxy) is 1. The molecular weight excluding hydrogens is 456 g/mol. The Morgan fingerprint density at radius 2 is 1.03 bits per heavy atom. The Bertz CT molecular complexity index is 448. The van der Waals surface area contributed by atoms with Crippen molar-refractivity contribution in [3.63, 3.8) is 0 Å². The highest BCUT2D eigenvalue weighted by atomic mass is 16.5. The zero-order valence-electron chi connectivity index (χ0n) is 25.9. The fourth-order valence-corrected chi connectivity index (χ4v) is 5.20. The van der Waals surface area contributed by atoms with Gasteiger partial charge < -0.3 is 15.0 Å². The molecule has 0 aromatic rings. The van der Waals surface area contributed by atoms with Crippen LogP contribution in [0.1, 0.15) is 162 Å². The topological polar surface area (TPSA) is 41.6 Å². The summed E-state index contributed by atoms with van der Waals surface area (Å²) in [6.07, 6.45) is 27.5. The SMILES string of the molecule is CCCCCCCCCC(CCCCCC)C(=O)OCCCCCCCN(CCCCC)CCCNC. The van der Waals surface area contributed by atoms with E-state index in [1.165, 1.54) is 142 Å². The molecule has 222 valence electrons. The molecule has 1 atom stereocenters. The maximum Gasteiger partial charge on any atom is 0.308 e. The molecule has 0 bridgehead atoms. The molecule has 0 aliphatic rings. The minimum Gasteiger partial charge on any atom is -0.465 e. The number of carbonyl (C=O) groups is 1. The van der Waals surface area contributed by atoms with Crippen molar-refractivity contribution in [1.29, 1.82) is 0 Å². The van der Waals surface area contributed by atoms with Crippen LogP contribution >= 0.6 is 0 Å². The van der Waals surface area contributed by atoms with Gasteiger partial charge in [0.2, 0.25) is 0 Å². The molecule has 0 amide bonds. The number of nitrogens with one attached hydrogen (secondary N) is 1. The standard InChI is InChI=1S/C33H68N2O2/c1-5-8-11-13-14-16-20-26-32(25-19-12-9-6-2)33(36)37-31-23-18-15-17-22-29-35(28-21-10-7-3)30-24-27-34-4/h32,34H,5-31H2,1-4H3. The molecule has 4 nitrogen and oxygen atoms in total. The van der Waals surface area contributed by atoms with Gasteiger partial charge in [0.15, 0.2) is 0 Å². The Morgan fingerprint density at radius 3 is 1.62 bits per heavy atom. The van der Waals surface area contributed by atoms with Gasteiger partial charge in [0, 0.05) is 0 Å². The molecule has 0 saturated carbocycles. The van der Waals surface area contributed by atoms with Crippen LogP contribution in [0.3, 0.4) is 0 Å². The van der Waals surface area contributed by atoms with Crippen LogP contribution < -0.4 is 5.32 Å². The molecule has 0 rings (SSSR count). The number of carbonyl (C=O) groups excluding carboxylic acids is 1. The zero-order valence-corrected chi connectivity index (χ0v) is 25.9. The third-order valence-electron chi connectivity index (χ3n) is 7.74. The van der Waals surface area contributed by atoms with Crippen molar-refractivity contribution >= 4 is 5.97 Å². The van der Waals surface area contributed by atoms with Crippen LogP contribution in [0.15, 0.2) is 0 Å². The third kappa shape index (κ3) is 25.4. The minimum atomic E-state index is 0.0896. The van der Waals surface area contributed by atoms with Gasteiger partial charge in [-0.05, 0) is 71.8 Å². The Morgan fingerprint density at radius 1 is 0.595 bits per heavy atom. The lowest BCUT2D eigenvalue weighted by atomic mass is 9.94. The fourth-order valence-electron chi connectivity index (χ4n) is 5.20. The Kier molecular flexibility index (Phi) is 29.4. The number of hydrogen-bond donors (Lipinski definition) is 1. The highest BCUT2D eigenvalue weighted by Crippen LogP contribution is 2.21. The molecule has 0 radical (unpaired) electrons. The molecule has 0 aromatic carbocycles. The molecule has 37 heavy (non-hydrogen) atoms. The predicted molar refractivity (Wildman–Crippen MR) is 163 cm³/mol. The van der Waals surface area contributed by atoms with Crippen LogP contribution in [-0.2, 0) is 9.53 Å². The normalized spacial score (nSPS) is 12.4. The lowest BCUT2D eigenvalue weighted by Crippen LogP contribution is -2.29. The molecule has 0 fully saturated rings. The third-order valence-corrected chi connectivity index (χ3v) is 7.74. The second-order valence-corrected chi connectivity index (χ2v) is 11.4. The van der Waals surface area contributed by atoms with E-state index < -0.39 is 0 Å². The van der Waals surface area contributed by atoms with Crippen LogP contribution in [0.4, 0.5) is 0 Å². The quantitative estimate of drug-likeness (QED) is 0.0750. The molecule has 4 heteroatoms. The number of esters is 1. The molecule has 0 aliphatic heterocycles. The van der Waals surface area contributed by atoms with Crippen LogP contribution in [0.5, 0.6) is 0 Å². The van der Waals surface area contributed by atoms with Crippen molar-refractivity contribution in [3.8, 4) is 0 Å². The second-order valence-electron chi connectivity index (χ2n) is 11.4. The van der Waals surface area contributed by atoms with E-state index in [1.807, 2.05) is 7.05 Å². The van der Waals surface area contributed by atoms with Crippen LogP contribution in [0.2, 0.25) is 0 Å². The van der Waals surface area contributed by atoms with E-state index in [9.17, 15) is 4.79 Å². The van der Waals surface area contributed by atoms with Gasteiger partial charge >= 0.3 is 5.97 Å². The summed E-state index contributed by atoms with van der Waals surface area (Å²) in [6, 6.07) is 0. The first-order valence-electron chi connectivity index (χ1n) is 16.7. The first kappa shape index (κ1) is 36.4. The van der Waals surface area contributed by atoms with E-state index in [-0.39, 0.29) is 11.9 Å². The van der Waals surface area contributed by atoms with E-state index >= 15 is 0 Å². The van der Waals surface area contributed by atoms with Gasteiger partial charge in [-0.15, -0.1) is 0 Å². The number of nitrogens with zero attached hydrogens (tertiary/aromatic N) is 1. The van der Waals surface area contributed by atoms with Crippen molar-refractivity contribution in [3.05, 3.63) is 0 Å². The zero-order chi connectivity index (χ0) is 27.2. The van der Waals surface area contributed by atoms with Gasteiger partial charge in [-0.3, -0.25) is 4.79 Å². The smallest absolute Gasteiger partial charge is 0.308 e. The first-order chi connectivity index (χ1) is 18.2. The Hall–Kier alpha value is -0.610. The van der Waals surface area contributed by atoms with Gasteiger partial charge in [-0.2, -0.15) is 0 Å². The summed E-state index contributed by atoms with van der Waals surface area (Å²) in [5.41, 5.74) is 0. The van der Waals surface area contributed by atoms with E-state index in [4.69, 9.17) is 4.74 Å². The van der Waals surface area contributed by atoms with Gasteiger partial charge in [0.05, 0.1) is 12.5 Å². The highest BCUT2D eigenvalue weighted by molar-refractivity contribution is 5.72. The predicted octanol–water partition coefficient (Wildman–Crippen LogP) is 9.31. The van der Waals surface area contributed by atoms with Crippen molar-refractivity contribution in [2.75, 3.05) is 39.8 Å². The van der Waals surface area contributed by atoms with E-state index in [2.05, 4.69) is 31.0 Å². The summed E-state index contributed by atoms with van der Waals surface area (Å²) >= 11 is 0. The molecule has 0 aromatic heterocycles. The molecule has 0 spiro atoms. The average Bonchev–Trinajstić information content (AvgIpc) is 2.90. The maximum absolute atomic E-state index is 12.8. The van der Waals surface area contributed by atoms with Gasteiger partial charge in [0.1, 0.15) is 0 Å². The van der Waals surface area contributed by atoms with Crippen LogP contribution in [0.25, 0.3) is 0 Å². The van der Waals surface area contributed by atoms with Crippen molar-refractivity contribution in [1.82, 2.24) is 10.2 Å². The van der Waals surface area contributed by atoms with Gasteiger partial charge in [-0.25, -0.2) is 0 Å². The molecular formula is C33H68N2O2. The van der Waals surface area contributed by atoms with Crippen LogP contribution in [-0.4, -0.2) is 50.7 Å². The second kappa shape index (κ2) is 29.9. The Labute approximate surface area is 233 Å². The lowest BCUT2D eigenvalue weighted by molar-refractivity contribution is -0.149. The molecule has 0 heterocycles. The number of unbranched alkanes of at least 4 members (excludes halogenated alkanes) is 15. The summed E-state index contributed by atoms with van der Waals surface area (Å²) < 4.78 is 5.77. The largest absolute Gasteiger partial charge is 0.465 e. The van der Waals surface area contributed by atoms with E-state index in [0.717, 1.165) is 25.8 Å². The summed E-state index contributed by atoms with van der Waals surface area (Å²) in [4.78, 5) is 15.5. The summed E-state index contributed by atoms with van der Waals surface area (Å²) in [6.45, 7) is 12.3.